The number of halogens is 4. The average molecular weight is 1600 g/mol. The fourth-order valence-electron chi connectivity index (χ4n) is 8.68. The molecule has 3 aromatic rings. The Balaban J connectivity index is 0.00000142. The summed E-state index contributed by atoms with van der Waals surface area (Å²) in [7, 11) is 0. The molecule has 0 amide bonds. The molecular weight excluding hydrogens is 1490 g/mol. The third-order valence-corrected chi connectivity index (χ3v) is 15.3. The highest BCUT2D eigenvalue weighted by atomic mass is 35.5. The van der Waals surface area contributed by atoms with E-state index in [9.17, 15) is 78.7 Å². The first-order valence-corrected chi connectivity index (χ1v) is 37.8. The molecule has 0 unspecified atom stereocenters. The predicted octanol–water partition coefficient (Wildman–Crippen LogP) is 14.4. The normalized spacial score (nSPS) is 14.0. The zero-order valence-electron chi connectivity index (χ0n) is 66.0. The highest BCUT2D eigenvalue weighted by Gasteiger charge is 2.24. The fourth-order valence-corrected chi connectivity index (χ4v) is 8.98. The smallest absolute Gasteiger partial charge is 0.130 e. The van der Waals surface area contributed by atoms with Crippen molar-refractivity contribution < 1.29 is 83.4 Å². The Hall–Kier alpha value is -10.2. The van der Waals surface area contributed by atoms with Crippen molar-refractivity contribution in [1.29, 1.82) is 0 Å². The summed E-state index contributed by atoms with van der Waals surface area (Å²) in [5.74, 6) is 41.9. The minimum atomic E-state index is -0.815. The van der Waals surface area contributed by atoms with Crippen molar-refractivity contribution in [3.63, 3.8) is 0 Å². The van der Waals surface area contributed by atoms with E-state index in [1.54, 1.807) is 153 Å². The molecule has 4 rings (SSSR count). The van der Waals surface area contributed by atoms with E-state index >= 15 is 0 Å². The second-order valence-electron chi connectivity index (χ2n) is 26.6. The van der Waals surface area contributed by atoms with Crippen LogP contribution in [0.1, 0.15) is 169 Å². The molecule has 606 valence electrons. The first kappa shape index (κ1) is 104. The van der Waals surface area contributed by atoms with Crippen LogP contribution in [-0.4, -0.2) is 136 Å². The summed E-state index contributed by atoms with van der Waals surface area (Å²) in [5.41, 5.74) is 1.13. The minimum Gasteiger partial charge on any atom is -0.491 e. The van der Waals surface area contributed by atoms with Gasteiger partial charge in [-0.3, -0.25) is 4.79 Å². The van der Waals surface area contributed by atoms with Gasteiger partial charge in [0.25, 0.3) is 0 Å². The Kier molecular flexibility index (Phi) is 60.3. The lowest BCUT2D eigenvalue weighted by Gasteiger charge is -2.23. The largest absolute Gasteiger partial charge is 0.491 e. The van der Waals surface area contributed by atoms with E-state index in [2.05, 4.69) is 88.8 Å². The fraction of sp³-hybridized carbons (Fsp3) is 0.379. The number of Topliss-reactive ketones (excluding diaryl/α,β-unsaturated/α-hetero) is 5. The van der Waals surface area contributed by atoms with Crippen molar-refractivity contribution in [2.45, 2.75) is 213 Å². The quantitative estimate of drug-likeness (QED) is 0.0199. The number of hydrogen-bond donors (Lipinski definition) is 9. The van der Waals surface area contributed by atoms with Crippen LogP contribution in [0.5, 0.6) is 5.75 Å². The Morgan fingerprint density at radius 1 is 0.474 bits per heavy atom. The molecule has 114 heavy (non-hydrogen) atoms. The van der Waals surface area contributed by atoms with Crippen LogP contribution in [0.25, 0.3) is 0 Å². The molecule has 19 heteroatoms. The number of allylic oxidation sites excluding steroid dienone is 15. The van der Waals surface area contributed by atoms with Gasteiger partial charge in [0.05, 0.1) is 34.5 Å². The number of carbonyl (C=O) groups excluding carboxylic acids is 5. The van der Waals surface area contributed by atoms with Crippen LogP contribution in [0.4, 0.5) is 8.78 Å². The first-order chi connectivity index (χ1) is 54.3. The maximum atomic E-state index is 12.8. The van der Waals surface area contributed by atoms with Crippen molar-refractivity contribution in [3.05, 3.63) is 221 Å². The minimum absolute atomic E-state index is 0.0239. The van der Waals surface area contributed by atoms with Crippen LogP contribution in [-0.2, 0) is 24.0 Å². The molecule has 3 aromatic carbocycles. The molecule has 0 saturated heterocycles. The molecule has 9 N–H and O–H groups in total. The molecule has 0 heterocycles. The molecule has 1 aliphatic rings. The lowest BCUT2D eigenvalue weighted by atomic mass is 9.82. The van der Waals surface area contributed by atoms with Crippen LogP contribution in [0.3, 0.4) is 0 Å². The Morgan fingerprint density at radius 2 is 0.877 bits per heavy atom. The number of ether oxygens (including phenoxy) is 1. The highest BCUT2D eigenvalue weighted by molar-refractivity contribution is 6.42. The van der Waals surface area contributed by atoms with Gasteiger partial charge in [-0.15, -0.1) is 12.3 Å². The summed E-state index contributed by atoms with van der Waals surface area (Å²) < 4.78 is 30.8. The van der Waals surface area contributed by atoms with Crippen molar-refractivity contribution in [2.75, 3.05) is 6.61 Å². The molecule has 1 aliphatic carbocycles. The third-order valence-electron chi connectivity index (χ3n) is 14.5. The first-order valence-electron chi connectivity index (χ1n) is 37.1. The summed E-state index contributed by atoms with van der Waals surface area (Å²) in [4.78, 5) is 54.0. The molecule has 0 bridgehead atoms. The van der Waals surface area contributed by atoms with Crippen molar-refractivity contribution in [3.8, 4) is 101 Å². The molecule has 0 aromatic heterocycles. The van der Waals surface area contributed by atoms with E-state index in [0.717, 1.165) is 12.0 Å². The topological polar surface area (TPSA) is 277 Å². The average Bonchev–Trinajstić information content (AvgIpc) is 1.40. The number of rotatable bonds is 34. The molecule has 0 aliphatic heterocycles. The standard InChI is InChI=1S/C22H22Cl2O3.C22H27FO4.C21H21FO3.C16H22O3.C14H16O2/c1-17(25)8-6-12-19(26)10-4-2-3-5-11-20(27)13-7-9-18-14-15-21(23)22(24)16-18;1-17(24)14-22(2,3)15-19(25)8-6-4-5-7-9-20(26)16-27-21-12-10-18(23)11-13-21;1-17(23)11-16-21(25)9-5-3-2-4-8-20(24)10-6-7-18-12-14-19(22)15-13-18;1-13(17)8-11-15(18)6-4-2-3-5-7-16(19)12-14-9-10-14;1-3-10-14(16)12-9-7-5-4-6-8-11-13(2)15/h2-3,5,11,14-16,19-20,26-27H,6,8,12-13H2,1H3;4-5,7,9-13,19-20,25-26H,14-16H2,1-3H3;2-4,8,12-15,20-21,24-25H,10-11,16H2,1H3;2-3,5,7,14-16,18-19H,8-12H2,1H3;1,5,7,9,12,14,16H,8,10-11H2,2H3/b3-2+,11-5+;5-4+,9-7+;3-2+,8-4+;3-2+,7-5+;7-5+,12-9+/t2*19-,20+;20-,21+;15-,16+;14-/m11011/s1. The molecule has 1 fully saturated rings. The van der Waals surface area contributed by atoms with Gasteiger partial charge in [-0.1, -0.05) is 224 Å². The lowest BCUT2D eigenvalue weighted by molar-refractivity contribution is -0.119. The van der Waals surface area contributed by atoms with Gasteiger partial charge in [-0.25, -0.2) is 8.78 Å². The number of hydrogen-bond acceptors (Lipinski definition) is 15. The van der Waals surface area contributed by atoms with Gasteiger partial charge in [0.15, 0.2) is 0 Å². The van der Waals surface area contributed by atoms with E-state index in [0.29, 0.717) is 104 Å². The zero-order chi connectivity index (χ0) is 85.2. The SMILES string of the molecule is C#CC[C@@H](O)/C=C/C=C/C#CCCC(C)=O.CC(=O)CC(C)(C)C[C@H](O)C#C/C=C/C=C/[C@H](O)COc1ccc(F)cc1.CC(=O)CCC[C@H](O)C#C/C=C/C=C/[C@H](O)CC#Cc1ccc(Cl)c(Cl)c1.CC(=O)CC[C@H](O)C#C/C=C/C=C/[C@H](O)CC#Cc1ccc(F)cc1.CC(=O)CC[C@H](O)C#C/C=C/C=C/[C@H](O)CC1CC1. The molecule has 0 spiro atoms. The van der Waals surface area contributed by atoms with Gasteiger partial charge in [-0.2, -0.15) is 0 Å². The number of ketones is 5. The van der Waals surface area contributed by atoms with Crippen molar-refractivity contribution in [2.24, 2.45) is 11.3 Å². The lowest BCUT2D eigenvalue weighted by Crippen LogP contribution is -2.22. The van der Waals surface area contributed by atoms with Crippen molar-refractivity contribution in [1.82, 2.24) is 0 Å². The van der Waals surface area contributed by atoms with Gasteiger partial charge in [0.2, 0.25) is 0 Å². The summed E-state index contributed by atoms with van der Waals surface area (Å²) in [6.07, 6.45) is 40.6. The number of benzene rings is 3. The second kappa shape index (κ2) is 66.2. The summed E-state index contributed by atoms with van der Waals surface area (Å²) in [5, 5.41) is 87.6. The molecular formula is C95H108Cl2F2O15. The number of aliphatic hydroxyl groups is 9. The summed E-state index contributed by atoms with van der Waals surface area (Å²) >= 11 is 11.8. The van der Waals surface area contributed by atoms with Crippen LogP contribution in [0, 0.1) is 118 Å². The van der Waals surface area contributed by atoms with Crippen molar-refractivity contribution >= 4 is 52.1 Å². The zero-order valence-corrected chi connectivity index (χ0v) is 67.5. The van der Waals surface area contributed by atoms with E-state index in [1.165, 1.54) is 83.0 Å². The van der Waals surface area contributed by atoms with Crippen LogP contribution in [0.15, 0.2) is 188 Å². The third kappa shape index (κ3) is 68.6. The second-order valence-corrected chi connectivity index (χ2v) is 27.4. The maximum absolute atomic E-state index is 12.8. The number of carbonyl (C=O) groups is 5. The predicted molar refractivity (Wildman–Crippen MR) is 451 cm³/mol. The van der Waals surface area contributed by atoms with Gasteiger partial charge in [0, 0.05) is 68.9 Å². The van der Waals surface area contributed by atoms with E-state index in [1.807, 2.05) is 13.8 Å². The molecule has 0 radical (unpaired) electrons. The number of aliphatic hydroxyl groups excluding tert-OH is 9. The van der Waals surface area contributed by atoms with Crippen LogP contribution < -0.4 is 4.74 Å². The molecule has 15 nitrogen and oxygen atoms in total. The monoisotopic (exact) mass is 1600 g/mol. The summed E-state index contributed by atoms with van der Waals surface area (Å²) in [6, 6.07) is 16.5. The Morgan fingerprint density at radius 3 is 1.32 bits per heavy atom. The van der Waals surface area contributed by atoms with Gasteiger partial charge in [0.1, 0.15) is 83.4 Å². The van der Waals surface area contributed by atoms with Gasteiger partial charge >= 0.3 is 0 Å². The summed E-state index contributed by atoms with van der Waals surface area (Å²) in [6.45, 7) is 11.5. The van der Waals surface area contributed by atoms with E-state index in [-0.39, 0.29) is 71.5 Å². The van der Waals surface area contributed by atoms with E-state index in [4.69, 9.17) is 34.4 Å². The van der Waals surface area contributed by atoms with Gasteiger partial charge in [-0.05, 0) is 182 Å². The Labute approximate surface area is 684 Å². The van der Waals surface area contributed by atoms with Crippen LogP contribution in [0.2, 0.25) is 10.0 Å². The van der Waals surface area contributed by atoms with Gasteiger partial charge < -0.3 is 69.9 Å². The highest BCUT2D eigenvalue weighted by Crippen LogP contribution is 2.33. The van der Waals surface area contributed by atoms with E-state index < -0.39 is 48.8 Å². The van der Waals surface area contributed by atoms with Crippen LogP contribution >= 0.6 is 23.2 Å². The molecule has 9 atom stereocenters. The Bertz CT molecular complexity index is 4230. The molecule has 1 saturated carbocycles. The maximum Gasteiger partial charge on any atom is 0.130 e. The number of terminal acetylenes is 1.